The van der Waals surface area contributed by atoms with E-state index in [4.69, 9.17) is 10.5 Å². The summed E-state index contributed by atoms with van der Waals surface area (Å²) in [6, 6.07) is 9.47. The van der Waals surface area contributed by atoms with Gasteiger partial charge in [0.1, 0.15) is 0 Å². The van der Waals surface area contributed by atoms with Crippen molar-refractivity contribution in [1.82, 2.24) is 4.90 Å². The zero-order chi connectivity index (χ0) is 14.4. The van der Waals surface area contributed by atoms with E-state index in [2.05, 4.69) is 0 Å². The van der Waals surface area contributed by atoms with Crippen LogP contribution < -0.4 is 5.73 Å². The number of hydrogen-bond donors (Lipinski definition) is 1. The minimum atomic E-state index is -0.459. The van der Waals surface area contributed by atoms with Gasteiger partial charge in [-0.1, -0.05) is 30.3 Å². The molecule has 110 valence electrons. The van der Waals surface area contributed by atoms with Gasteiger partial charge < -0.3 is 15.4 Å². The molecule has 0 saturated carbocycles. The van der Waals surface area contributed by atoms with Crippen molar-refractivity contribution < 1.29 is 9.53 Å². The van der Waals surface area contributed by atoms with Gasteiger partial charge in [-0.25, -0.2) is 0 Å². The highest BCUT2D eigenvalue weighted by Crippen LogP contribution is 2.15. The van der Waals surface area contributed by atoms with Crippen LogP contribution in [0.3, 0.4) is 0 Å². The van der Waals surface area contributed by atoms with E-state index in [-0.39, 0.29) is 5.91 Å². The summed E-state index contributed by atoms with van der Waals surface area (Å²) >= 11 is 0. The lowest BCUT2D eigenvalue weighted by molar-refractivity contribution is -0.133. The van der Waals surface area contributed by atoms with Crippen LogP contribution in [0.25, 0.3) is 0 Å². The van der Waals surface area contributed by atoms with Crippen molar-refractivity contribution >= 4 is 5.91 Å². The molecule has 2 rings (SSSR count). The minimum absolute atomic E-state index is 0.0447. The van der Waals surface area contributed by atoms with Gasteiger partial charge >= 0.3 is 0 Å². The molecule has 1 fully saturated rings. The van der Waals surface area contributed by atoms with Gasteiger partial charge in [0.05, 0.1) is 12.6 Å². The molecule has 0 bridgehead atoms. The SMILES string of the molecule is CCN(CC1CCOC1)C(=O)[C@@H](N)Cc1ccccc1. The predicted octanol–water partition coefficient (Wildman–Crippen LogP) is 1.44. The molecular formula is C16H24N2O2. The van der Waals surface area contributed by atoms with Crippen LogP contribution in [-0.4, -0.2) is 43.2 Å². The largest absolute Gasteiger partial charge is 0.381 e. The molecule has 1 saturated heterocycles. The Labute approximate surface area is 120 Å². The first-order valence-corrected chi connectivity index (χ1v) is 7.36. The minimum Gasteiger partial charge on any atom is -0.381 e. The summed E-state index contributed by atoms with van der Waals surface area (Å²) in [7, 11) is 0. The second-order valence-electron chi connectivity index (χ2n) is 5.40. The normalized spacial score (nSPS) is 19.8. The van der Waals surface area contributed by atoms with Gasteiger partial charge in [-0.3, -0.25) is 4.79 Å². The van der Waals surface area contributed by atoms with E-state index in [1.165, 1.54) is 0 Å². The summed E-state index contributed by atoms with van der Waals surface area (Å²) in [5.41, 5.74) is 7.18. The Morgan fingerprint density at radius 1 is 1.45 bits per heavy atom. The fraction of sp³-hybridized carbons (Fsp3) is 0.562. The Hall–Kier alpha value is -1.39. The quantitative estimate of drug-likeness (QED) is 0.855. The summed E-state index contributed by atoms with van der Waals surface area (Å²) < 4.78 is 5.37. The molecule has 1 amide bonds. The Bertz CT molecular complexity index is 416. The number of carbonyl (C=O) groups excluding carboxylic acids is 1. The van der Waals surface area contributed by atoms with Crippen molar-refractivity contribution in [2.24, 2.45) is 11.7 Å². The van der Waals surface area contributed by atoms with E-state index in [0.717, 1.165) is 31.7 Å². The Morgan fingerprint density at radius 2 is 2.20 bits per heavy atom. The second kappa shape index (κ2) is 7.41. The molecule has 1 aliphatic heterocycles. The Morgan fingerprint density at radius 3 is 2.80 bits per heavy atom. The smallest absolute Gasteiger partial charge is 0.239 e. The van der Waals surface area contributed by atoms with Crippen LogP contribution in [0.1, 0.15) is 18.9 Å². The number of ether oxygens (including phenoxy) is 1. The van der Waals surface area contributed by atoms with Gasteiger partial charge in [0.2, 0.25) is 5.91 Å². The highest BCUT2D eigenvalue weighted by Gasteiger charge is 2.24. The van der Waals surface area contributed by atoms with E-state index >= 15 is 0 Å². The molecule has 1 aliphatic rings. The zero-order valence-corrected chi connectivity index (χ0v) is 12.1. The molecular weight excluding hydrogens is 252 g/mol. The second-order valence-corrected chi connectivity index (χ2v) is 5.40. The Balaban J connectivity index is 1.89. The molecule has 1 aromatic carbocycles. The number of likely N-dealkylation sites (N-methyl/N-ethyl adjacent to an activating group) is 1. The lowest BCUT2D eigenvalue weighted by Gasteiger charge is -2.26. The highest BCUT2D eigenvalue weighted by molar-refractivity contribution is 5.82. The van der Waals surface area contributed by atoms with Crippen molar-refractivity contribution in [3.8, 4) is 0 Å². The average Bonchev–Trinajstić information content (AvgIpc) is 2.98. The highest BCUT2D eigenvalue weighted by atomic mass is 16.5. The summed E-state index contributed by atoms with van der Waals surface area (Å²) in [5, 5.41) is 0. The number of rotatable bonds is 6. The zero-order valence-electron chi connectivity index (χ0n) is 12.1. The fourth-order valence-corrected chi connectivity index (χ4v) is 2.60. The molecule has 1 aromatic rings. The van der Waals surface area contributed by atoms with E-state index in [1.807, 2.05) is 42.2 Å². The molecule has 1 heterocycles. The maximum atomic E-state index is 12.4. The standard InChI is InChI=1S/C16H24N2O2/c1-2-18(11-14-8-9-20-12-14)16(19)15(17)10-13-6-4-3-5-7-13/h3-7,14-15H,2,8-12,17H2,1H3/t14?,15-/m0/s1. The predicted molar refractivity (Wildman–Crippen MR) is 79.3 cm³/mol. The third-order valence-corrected chi connectivity index (χ3v) is 3.81. The molecule has 0 radical (unpaired) electrons. The molecule has 2 atom stereocenters. The van der Waals surface area contributed by atoms with E-state index in [0.29, 0.717) is 18.9 Å². The molecule has 2 N–H and O–H groups in total. The Kier molecular flexibility index (Phi) is 5.56. The number of benzene rings is 1. The molecule has 0 spiro atoms. The summed E-state index contributed by atoms with van der Waals surface area (Å²) in [6.45, 7) is 5.04. The van der Waals surface area contributed by atoms with Crippen molar-refractivity contribution in [1.29, 1.82) is 0 Å². The van der Waals surface area contributed by atoms with Gasteiger partial charge in [0.15, 0.2) is 0 Å². The third-order valence-electron chi connectivity index (χ3n) is 3.81. The lowest BCUT2D eigenvalue weighted by Crippen LogP contribution is -2.46. The van der Waals surface area contributed by atoms with Gasteiger partial charge in [-0.05, 0) is 25.3 Å². The first-order chi connectivity index (χ1) is 9.70. The number of nitrogens with two attached hydrogens (primary N) is 1. The van der Waals surface area contributed by atoms with Crippen molar-refractivity contribution in [3.63, 3.8) is 0 Å². The van der Waals surface area contributed by atoms with E-state index in [9.17, 15) is 4.79 Å². The number of nitrogens with zero attached hydrogens (tertiary/aromatic N) is 1. The number of carbonyl (C=O) groups is 1. The van der Waals surface area contributed by atoms with Crippen LogP contribution in [0, 0.1) is 5.92 Å². The van der Waals surface area contributed by atoms with Crippen LogP contribution in [0.5, 0.6) is 0 Å². The summed E-state index contributed by atoms with van der Waals surface area (Å²) in [5.74, 6) is 0.506. The van der Waals surface area contributed by atoms with E-state index in [1.54, 1.807) is 0 Å². The van der Waals surface area contributed by atoms with Crippen LogP contribution in [0.15, 0.2) is 30.3 Å². The maximum Gasteiger partial charge on any atom is 0.239 e. The average molecular weight is 276 g/mol. The van der Waals surface area contributed by atoms with Gasteiger partial charge in [-0.2, -0.15) is 0 Å². The van der Waals surface area contributed by atoms with Gasteiger partial charge in [-0.15, -0.1) is 0 Å². The van der Waals surface area contributed by atoms with Crippen LogP contribution in [0.4, 0.5) is 0 Å². The monoisotopic (exact) mass is 276 g/mol. The number of hydrogen-bond acceptors (Lipinski definition) is 3. The van der Waals surface area contributed by atoms with Crippen molar-refractivity contribution in [2.75, 3.05) is 26.3 Å². The van der Waals surface area contributed by atoms with Gasteiger partial charge in [0.25, 0.3) is 0 Å². The summed E-state index contributed by atoms with van der Waals surface area (Å²) in [4.78, 5) is 14.3. The fourth-order valence-electron chi connectivity index (χ4n) is 2.60. The summed E-state index contributed by atoms with van der Waals surface area (Å²) in [6.07, 6.45) is 1.63. The van der Waals surface area contributed by atoms with Crippen LogP contribution in [-0.2, 0) is 16.0 Å². The van der Waals surface area contributed by atoms with Crippen LogP contribution in [0.2, 0.25) is 0 Å². The molecule has 20 heavy (non-hydrogen) atoms. The molecule has 1 unspecified atom stereocenters. The van der Waals surface area contributed by atoms with E-state index < -0.39 is 6.04 Å². The lowest BCUT2D eigenvalue weighted by atomic mass is 10.0. The maximum absolute atomic E-state index is 12.4. The molecule has 0 aromatic heterocycles. The first kappa shape index (κ1) is 15.0. The molecule has 0 aliphatic carbocycles. The molecule has 4 nitrogen and oxygen atoms in total. The topological polar surface area (TPSA) is 55.6 Å². The van der Waals surface area contributed by atoms with Gasteiger partial charge in [0, 0.05) is 25.6 Å². The van der Waals surface area contributed by atoms with Crippen molar-refractivity contribution in [2.45, 2.75) is 25.8 Å². The third kappa shape index (κ3) is 4.05. The first-order valence-electron chi connectivity index (χ1n) is 7.36. The molecule has 4 heteroatoms. The van der Waals surface area contributed by atoms with Crippen molar-refractivity contribution in [3.05, 3.63) is 35.9 Å². The van der Waals surface area contributed by atoms with Crippen LogP contribution >= 0.6 is 0 Å². The number of amides is 1.